The van der Waals surface area contributed by atoms with Crippen molar-refractivity contribution in [3.05, 3.63) is 34.4 Å². The summed E-state index contributed by atoms with van der Waals surface area (Å²) in [4.78, 5) is 0. The topological polar surface area (TPSA) is 26.0 Å². The van der Waals surface area contributed by atoms with Gasteiger partial charge in [0.1, 0.15) is 0 Å². The lowest BCUT2D eigenvalue weighted by Crippen LogP contribution is -2.11. The maximum Gasteiger partial charge on any atom is 0.0295 e. The van der Waals surface area contributed by atoms with Crippen LogP contribution in [0.15, 0.2) is 12.1 Å². The molecule has 14 heavy (non-hydrogen) atoms. The molecule has 0 heterocycles. The molecule has 1 aliphatic rings. The lowest BCUT2D eigenvalue weighted by Gasteiger charge is -2.15. The zero-order valence-electron chi connectivity index (χ0n) is 9.14. The molecule has 0 saturated heterocycles. The largest absolute Gasteiger partial charge is 0.324 e. The highest BCUT2D eigenvalue weighted by Crippen LogP contribution is 2.31. The van der Waals surface area contributed by atoms with Gasteiger partial charge in [-0.3, -0.25) is 0 Å². The normalized spacial score (nSPS) is 16.8. The lowest BCUT2D eigenvalue weighted by molar-refractivity contribution is 0.690. The van der Waals surface area contributed by atoms with E-state index < -0.39 is 0 Å². The Balaban J connectivity index is 2.48. The van der Waals surface area contributed by atoms with Crippen molar-refractivity contribution in [3.8, 4) is 0 Å². The second kappa shape index (κ2) is 3.74. The minimum atomic E-state index is 0.238. The van der Waals surface area contributed by atoms with Crippen molar-refractivity contribution >= 4 is 0 Å². The van der Waals surface area contributed by atoms with Gasteiger partial charge in [0.15, 0.2) is 0 Å². The third-order valence-corrected chi connectivity index (χ3v) is 3.39. The Bertz CT molecular complexity index is 341. The number of aryl methyl sites for hydroxylation is 1. The lowest BCUT2D eigenvalue weighted by atomic mass is 9.94. The van der Waals surface area contributed by atoms with Crippen LogP contribution in [0, 0.1) is 6.92 Å². The molecule has 0 spiro atoms. The SMILES string of the molecule is CC[C@@H](N)c1ccc(C)c2c1CCC2. The molecule has 0 saturated carbocycles. The molecule has 2 rings (SSSR count). The van der Waals surface area contributed by atoms with E-state index in [1.54, 1.807) is 11.1 Å². The van der Waals surface area contributed by atoms with E-state index >= 15 is 0 Å². The molecule has 76 valence electrons. The van der Waals surface area contributed by atoms with E-state index in [0.29, 0.717) is 0 Å². The highest BCUT2D eigenvalue weighted by molar-refractivity contribution is 5.44. The Labute approximate surface area is 86.3 Å². The second-order valence-electron chi connectivity index (χ2n) is 4.30. The van der Waals surface area contributed by atoms with Crippen LogP contribution in [-0.2, 0) is 12.8 Å². The summed E-state index contributed by atoms with van der Waals surface area (Å²) in [7, 11) is 0. The van der Waals surface area contributed by atoms with Gasteiger partial charge in [-0.25, -0.2) is 0 Å². The number of benzene rings is 1. The summed E-state index contributed by atoms with van der Waals surface area (Å²) in [5.74, 6) is 0. The van der Waals surface area contributed by atoms with E-state index in [1.165, 1.54) is 30.4 Å². The number of nitrogens with two attached hydrogens (primary N) is 1. The van der Waals surface area contributed by atoms with E-state index in [2.05, 4.69) is 26.0 Å². The van der Waals surface area contributed by atoms with Gasteiger partial charge < -0.3 is 5.73 Å². The van der Waals surface area contributed by atoms with Crippen LogP contribution in [-0.4, -0.2) is 0 Å². The molecule has 1 atom stereocenters. The number of fused-ring (bicyclic) bond motifs is 1. The first-order valence-electron chi connectivity index (χ1n) is 5.61. The molecule has 0 fully saturated rings. The Morgan fingerprint density at radius 2 is 2.00 bits per heavy atom. The van der Waals surface area contributed by atoms with E-state index in [0.717, 1.165) is 6.42 Å². The molecule has 0 amide bonds. The molecular formula is C13H19N. The summed E-state index contributed by atoms with van der Waals surface area (Å²) in [5, 5.41) is 0. The molecule has 0 aliphatic heterocycles. The van der Waals surface area contributed by atoms with Crippen molar-refractivity contribution in [1.29, 1.82) is 0 Å². The van der Waals surface area contributed by atoms with Gasteiger partial charge in [0, 0.05) is 6.04 Å². The molecule has 1 nitrogen and oxygen atoms in total. The van der Waals surface area contributed by atoms with Crippen LogP contribution in [0.25, 0.3) is 0 Å². The predicted octanol–water partition coefficient (Wildman–Crippen LogP) is 2.89. The van der Waals surface area contributed by atoms with Crippen LogP contribution in [0.3, 0.4) is 0 Å². The van der Waals surface area contributed by atoms with Crippen LogP contribution in [0.2, 0.25) is 0 Å². The van der Waals surface area contributed by atoms with Gasteiger partial charge in [-0.2, -0.15) is 0 Å². The van der Waals surface area contributed by atoms with Crippen LogP contribution >= 0.6 is 0 Å². The molecule has 1 aliphatic carbocycles. The number of hydrogen-bond acceptors (Lipinski definition) is 1. The first-order valence-corrected chi connectivity index (χ1v) is 5.61. The van der Waals surface area contributed by atoms with Crippen molar-refractivity contribution in [2.45, 2.75) is 45.6 Å². The second-order valence-corrected chi connectivity index (χ2v) is 4.30. The summed E-state index contributed by atoms with van der Waals surface area (Å²) in [6, 6.07) is 4.70. The molecular weight excluding hydrogens is 170 g/mol. The Morgan fingerprint density at radius 3 is 2.71 bits per heavy atom. The molecule has 0 aromatic heterocycles. The van der Waals surface area contributed by atoms with E-state index in [1.807, 2.05) is 0 Å². The summed E-state index contributed by atoms with van der Waals surface area (Å²) >= 11 is 0. The minimum absolute atomic E-state index is 0.238. The first-order chi connectivity index (χ1) is 6.74. The average molecular weight is 189 g/mol. The molecule has 0 radical (unpaired) electrons. The molecule has 0 unspecified atom stereocenters. The Hall–Kier alpha value is -0.820. The van der Waals surface area contributed by atoms with E-state index in [4.69, 9.17) is 5.73 Å². The van der Waals surface area contributed by atoms with Gasteiger partial charge in [0.2, 0.25) is 0 Å². The van der Waals surface area contributed by atoms with Crippen molar-refractivity contribution in [2.75, 3.05) is 0 Å². The van der Waals surface area contributed by atoms with Gasteiger partial charge in [0.25, 0.3) is 0 Å². The zero-order chi connectivity index (χ0) is 10.1. The number of hydrogen-bond donors (Lipinski definition) is 1. The molecule has 2 N–H and O–H groups in total. The van der Waals surface area contributed by atoms with Gasteiger partial charge in [-0.05, 0) is 54.9 Å². The third-order valence-electron chi connectivity index (χ3n) is 3.39. The molecule has 1 aromatic carbocycles. The summed E-state index contributed by atoms with van der Waals surface area (Å²) in [5.41, 5.74) is 12.1. The monoisotopic (exact) mass is 189 g/mol. The smallest absolute Gasteiger partial charge is 0.0295 e. The summed E-state index contributed by atoms with van der Waals surface area (Å²) in [6.07, 6.45) is 4.84. The standard InChI is InChI=1S/C13H19N/c1-3-13(14)12-8-7-9(2)10-5-4-6-11(10)12/h7-8,13H,3-6,14H2,1-2H3/t13-/m1/s1. The van der Waals surface area contributed by atoms with Gasteiger partial charge in [0.05, 0.1) is 0 Å². The summed E-state index contributed by atoms with van der Waals surface area (Å²) < 4.78 is 0. The van der Waals surface area contributed by atoms with Gasteiger partial charge in [-0.15, -0.1) is 0 Å². The van der Waals surface area contributed by atoms with Crippen LogP contribution in [0.1, 0.15) is 48.1 Å². The van der Waals surface area contributed by atoms with Gasteiger partial charge in [-0.1, -0.05) is 19.1 Å². The van der Waals surface area contributed by atoms with E-state index in [9.17, 15) is 0 Å². The van der Waals surface area contributed by atoms with Crippen molar-refractivity contribution in [1.82, 2.24) is 0 Å². The maximum atomic E-state index is 6.12. The summed E-state index contributed by atoms with van der Waals surface area (Å²) in [6.45, 7) is 4.37. The first kappa shape index (κ1) is 9.72. The maximum absolute atomic E-state index is 6.12. The van der Waals surface area contributed by atoms with E-state index in [-0.39, 0.29) is 6.04 Å². The highest BCUT2D eigenvalue weighted by Gasteiger charge is 2.18. The third kappa shape index (κ3) is 1.46. The Morgan fingerprint density at radius 1 is 1.29 bits per heavy atom. The number of rotatable bonds is 2. The molecule has 1 aromatic rings. The fourth-order valence-corrected chi connectivity index (χ4v) is 2.48. The van der Waals surface area contributed by atoms with Crippen LogP contribution in [0.4, 0.5) is 0 Å². The minimum Gasteiger partial charge on any atom is -0.324 e. The van der Waals surface area contributed by atoms with Crippen molar-refractivity contribution in [3.63, 3.8) is 0 Å². The fourth-order valence-electron chi connectivity index (χ4n) is 2.48. The average Bonchev–Trinajstić information content (AvgIpc) is 2.67. The Kier molecular flexibility index (Phi) is 2.60. The quantitative estimate of drug-likeness (QED) is 0.760. The van der Waals surface area contributed by atoms with Gasteiger partial charge >= 0.3 is 0 Å². The zero-order valence-corrected chi connectivity index (χ0v) is 9.14. The van der Waals surface area contributed by atoms with Crippen LogP contribution < -0.4 is 5.73 Å². The van der Waals surface area contributed by atoms with Crippen molar-refractivity contribution in [2.24, 2.45) is 5.73 Å². The van der Waals surface area contributed by atoms with Crippen LogP contribution in [0.5, 0.6) is 0 Å². The fraction of sp³-hybridized carbons (Fsp3) is 0.538. The molecule has 1 heteroatoms. The molecule has 0 bridgehead atoms. The predicted molar refractivity (Wildman–Crippen MR) is 60.4 cm³/mol. The highest BCUT2D eigenvalue weighted by atomic mass is 14.6. The van der Waals surface area contributed by atoms with Crippen molar-refractivity contribution < 1.29 is 0 Å².